The second kappa shape index (κ2) is 12.6. The average molecular weight is 702 g/mol. The van der Waals surface area contributed by atoms with Crippen molar-refractivity contribution in [3.8, 4) is 22.5 Å². The number of anilines is 3. The lowest BCUT2D eigenvalue weighted by Crippen LogP contribution is -2.09. The summed E-state index contributed by atoms with van der Waals surface area (Å²) in [5.41, 5.74) is 12.9. The molecule has 0 saturated carbocycles. The number of aromatic nitrogens is 2. The van der Waals surface area contributed by atoms with E-state index in [9.17, 15) is 0 Å². The Morgan fingerprint density at radius 3 is 1.25 bits per heavy atom. The Morgan fingerprint density at radius 2 is 0.673 bits per heavy atom. The molecule has 9 aromatic carbocycles. The quantitative estimate of drug-likeness (QED) is 0.168. The van der Waals surface area contributed by atoms with Gasteiger partial charge >= 0.3 is 0 Å². The maximum Gasteiger partial charge on any atom is 0.0647 e. The molecule has 0 spiro atoms. The van der Waals surface area contributed by atoms with Gasteiger partial charge in [0.2, 0.25) is 0 Å². The Bertz CT molecular complexity index is 3120. The van der Waals surface area contributed by atoms with Crippen molar-refractivity contribution in [3.05, 3.63) is 212 Å². The summed E-state index contributed by atoms with van der Waals surface area (Å²) in [6.45, 7) is 0. The molecule has 0 aliphatic carbocycles. The van der Waals surface area contributed by atoms with Gasteiger partial charge in [-0.25, -0.2) is 0 Å². The molecule has 0 fully saturated rings. The zero-order valence-electron chi connectivity index (χ0n) is 30.0. The molecule has 0 aliphatic rings. The van der Waals surface area contributed by atoms with Crippen LogP contribution in [0.1, 0.15) is 0 Å². The minimum absolute atomic E-state index is 1.12. The molecule has 11 aromatic rings. The Kier molecular flexibility index (Phi) is 7.17. The third-order valence-electron chi connectivity index (χ3n) is 11.1. The summed E-state index contributed by atoms with van der Waals surface area (Å²) in [6, 6.07) is 76.6. The van der Waals surface area contributed by atoms with Gasteiger partial charge in [0.15, 0.2) is 0 Å². The molecule has 0 unspecified atom stereocenters. The highest BCUT2D eigenvalue weighted by atomic mass is 15.1. The topological polar surface area (TPSA) is 13.1 Å². The number of rotatable bonds is 6. The Morgan fingerprint density at radius 1 is 0.273 bits per heavy atom. The standard InChI is InChI=1S/C52H35N3/c1-4-16-38(17-5-1)53(39-18-6-2-7-19-39)41-32-28-36(29-33-41)37-30-34-42(35-31-37)55-47-26-14-12-24-45(47)49-43-22-10-11-23-44(43)51-50(52(49)55)46-25-13-15-27-48(46)54(51)40-20-8-3-9-21-40/h1-35H. The molecule has 258 valence electrons. The SMILES string of the molecule is c1ccc(N(c2ccccc2)c2ccc(-c3ccc(-n4c5ccccc5c5c6ccccc6c6c(c7ccccc7n6-c6ccccc6)c54)cc3)cc2)cc1. The summed E-state index contributed by atoms with van der Waals surface area (Å²) in [5, 5.41) is 7.58. The van der Waals surface area contributed by atoms with E-state index in [1.807, 2.05) is 0 Å². The van der Waals surface area contributed by atoms with Crippen molar-refractivity contribution in [2.75, 3.05) is 4.90 Å². The highest BCUT2D eigenvalue weighted by Gasteiger charge is 2.24. The van der Waals surface area contributed by atoms with Crippen molar-refractivity contribution in [3.63, 3.8) is 0 Å². The van der Waals surface area contributed by atoms with Crippen LogP contribution in [0.5, 0.6) is 0 Å². The summed E-state index contributed by atoms with van der Waals surface area (Å²) < 4.78 is 4.95. The maximum atomic E-state index is 2.49. The first-order chi connectivity index (χ1) is 27.3. The van der Waals surface area contributed by atoms with Crippen LogP contribution in [0, 0.1) is 0 Å². The summed E-state index contributed by atoms with van der Waals surface area (Å²) >= 11 is 0. The first kappa shape index (κ1) is 31.2. The van der Waals surface area contributed by atoms with E-state index in [4.69, 9.17) is 0 Å². The van der Waals surface area contributed by atoms with E-state index in [2.05, 4.69) is 226 Å². The Labute approximate surface area is 319 Å². The van der Waals surface area contributed by atoms with Gasteiger partial charge in [-0.3, -0.25) is 0 Å². The first-order valence-electron chi connectivity index (χ1n) is 18.9. The molecule has 2 aromatic heterocycles. The van der Waals surface area contributed by atoms with E-state index in [-0.39, 0.29) is 0 Å². The van der Waals surface area contributed by atoms with Crippen LogP contribution in [0.4, 0.5) is 17.1 Å². The lowest BCUT2D eigenvalue weighted by atomic mass is 9.99. The summed E-state index contributed by atoms with van der Waals surface area (Å²) in [5.74, 6) is 0. The fraction of sp³-hybridized carbons (Fsp3) is 0. The number of nitrogens with zero attached hydrogens (tertiary/aromatic N) is 3. The van der Waals surface area contributed by atoms with Crippen LogP contribution in [0.15, 0.2) is 212 Å². The number of para-hydroxylation sites is 5. The molecule has 3 nitrogen and oxygen atoms in total. The summed E-state index contributed by atoms with van der Waals surface area (Å²) in [7, 11) is 0. The second-order valence-corrected chi connectivity index (χ2v) is 14.1. The molecule has 0 radical (unpaired) electrons. The van der Waals surface area contributed by atoms with E-state index in [1.165, 1.54) is 65.5 Å². The van der Waals surface area contributed by atoms with Gasteiger partial charge in [0.25, 0.3) is 0 Å². The number of fused-ring (bicyclic) bond motifs is 10. The second-order valence-electron chi connectivity index (χ2n) is 14.1. The lowest BCUT2D eigenvalue weighted by molar-refractivity contribution is 1.18. The van der Waals surface area contributed by atoms with E-state index in [1.54, 1.807) is 0 Å². The maximum absolute atomic E-state index is 2.49. The molecular formula is C52H35N3. The van der Waals surface area contributed by atoms with Crippen molar-refractivity contribution < 1.29 is 0 Å². The summed E-state index contributed by atoms with van der Waals surface area (Å²) in [4.78, 5) is 2.30. The molecule has 2 heterocycles. The van der Waals surface area contributed by atoms with E-state index >= 15 is 0 Å². The van der Waals surface area contributed by atoms with Gasteiger partial charge in [0.05, 0.1) is 22.1 Å². The molecule has 0 N–H and O–H groups in total. The van der Waals surface area contributed by atoms with Gasteiger partial charge in [-0.2, -0.15) is 0 Å². The molecule has 0 saturated heterocycles. The molecule has 3 heteroatoms. The minimum Gasteiger partial charge on any atom is -0.311 e. The molecule has 0 atom stereocenters. The number of benzene rings is 9. The van der Waals surface area contributed by atoms with Crippen LogP contribution < -0.4 is 4.90 Å². The van der Waals surface area contributed by atoms with E-state index in [0.717, 1.165) is 28.4 Å². The fourth-order valence-corrected chi connectivity index (χ4v) is 8.71. The van der Waals surface area contributed by atoms with Crippen LogP contribution in [-0.2, 0) is 0 Å². The Balaban J connectivity index is 1.10. The van der Waals surface area contributed by atoms with Crippen LogP contribution in [0.2, 0.25) is 0 Å². The normalized spacial score (nSPS) is 11.6. The fourth-order valence-electron chi connectivity index (χ4n) is 8.71. The zero-order chi connectivity index (χ0) is 36.3. The largest absolute Gasteiger partial charge is 0.311 e. The monoisotopic (exact) mass is 701 g/mol. The minimum atomic E-state index is 1.12. The molecular weight excluding hydrogens is 667 g/mol. The van der Waals surface area contributed by atoms with Crippen molar-refractivity contribution in [2.24, 2.45) is 0 Å². The predicted octanol–water partition coefficient (Wildman–Crippen LogP) is 14.2. The van der Waals surface area contributed by atoms with Gasteiger partial charge in [-0.15, -0.1) is 0 Å². The van der Waals surface area contributed by atoms with Gasteiger partial charge < -0.3 is 14.0 Å². The van der Waals surface area contributed by atoms with Crippen molar-refractivity contribution in [2.45, 2.75) is 0 Å². The molecule has 55 heavy (non-hydrogen) atoms. The average Bonchev–Trinajstić information content (AvgIpc) is 3.79. The summed E-state index contributed by atoms with van der Waals surface area (Å²) in [6.07, 6.45) is 0. The molecule has 11 rings (SSSR count). The van der Waals surface area contributed by atoms with Crippen molar-refractivity contribution in [1.82, 2.24) is 9.13 Å². The van der Waals surface area contributed by atoms with Gasteiger partial charge in [0.1, 0.15) is 0 Å². The third kappa shape index (κ3) is 4.91. The number of hydrogen-bond acceptors (Lipinski definition) is 1. The third-order valence-corrected chi connectivity index (χ3v) is 11.1. The zero-order valence-corrected chi connectivity index (χ0v) is 30.0. The van der Waals surface area contributed by atoms with Crippen molar-refractivity contribution in [1.29, 1.82) is 0 Å². The van der Waals surface area contributed by atoms with Gasteiger partial charge in [-0.05, 0) is 89.3 Å². The molecule has 0 amide bonds. The van der Waals surface area contributed by atoms with E-state index in [0.29, 0.717) is 0 Å². The van der Waals surface area contributed by atoms with Crippen LogP contribution in [0.25, 0.3) is 76.9 Å². The lowest BCUT2D eigenvalue weighted by Gasteiger charge is -2.25. The first-order valence-corrected chi connectivity index (χ1v) is 18.9. The Hall–Kier alpha value is -7.36. The van der Waals surface area contributed by atoms with Crippen LogP contribution >= 0.6 is 0 Å². The van der Waals surface area contributed by atoms with Crippen LogP contribution in [0.3, 0.4) is 0 Å². The number of hydrogen-bond donors (Lipinski definition) is 0. The van der Waals surface area contributed by atoms with Crippen LogP contribution in [-0.4, -0.2) is 9.13 Å². The van der Waals surface area contributed by atoms with Crippen molar-refractivity contribution >= 4 is 71.4 Å². The van der Waals surface area contributed by atoms with E-state index < -0.39 is 0 Å². The molecule has 0 bridgehead atoms. The predicted molar refractivity (Wildman–Crippen MR) is 233 cm³/mol. The van der Waals surface area contributed by atoms with Gasteiger partial charge in [-0.1, -0.05) is 140 Å². The van der Waals surface area contributed by atoms with Gasteiger partial charge in [0, 0.05) is 55.4 Å². The molecule has 0 aliphatic heterocycles. The smallest absolute Gasteiger partial charge is 0.0647 e. The highest BCUT2D eigenvalue weighted by molar-refractivity contribution is 6.36. The highest BCUT2D eigenvalue weighted by Crippen LogP contribution is 2.47.